The minimum absolute atomic E-state index is 0.161. The summed E-state index contributed by atoms with van der Waals surface area (Å²) in [7, 11) is -3.86. The predicted octanol–water partition coefficient (Wildman–Crippen LogP) is 2.67. The topological polar surface area (TPSA) is 69.7 Å². The van der Waals surface area contributed by atoms with Crippen LogP contribution < -0.4 is 4.72 Å². The van der Waals surface area contributed by atoms with Crippen molar-refractivity contribution in [1.82, 2.24) is 14.5 Å². The Morgan fingerprint density at radius 2 is 1.58 bits per heavy atom. The molecule has 1 aliphatic heterocycles. The van der Waals surface area contributed by atoms with Gasteiger partial charge in [-0.2, -0.15) is 4.72 Å². The molecular formula is C24H33N3O3S. The van der Waals surface area contributed by atoms with Crippen LogP contribution in [0, 0.1) is 20.8 Å². The van der Waals surface area contributed by atoms with Gasteiger partial charge in [0, 0.05) is 26.2 Å². The summed E-state index contributed by atoms with van der Waals surface area (Å²) in [5.41, 5.74) is 3.31. The highest BCUT2D eigenvalue weighted by atomic mass is 32.2. The van der Waals surface area contributed by atoms with Crippen molar-refractivity contribution in [1.29, 1.82) is 0 Å². The van der Waals surface area contributed by atoms with Crippen LogP contribution in [0.5, 0.6) is 0 Å². The fourth-order valence-electron chi connectivity index (χ4n) is 4.37. The Bertz CT molecular complexity index is 991. The standard InChI is InChI=1S/C24H33N3O3S/c1-5-26-11-13-27(14-12-26)24(28)22(17-21-9-7-6-8-10-21)25-31(29,30)23-19(3)15-18(2)16-20(23)4/h6-10,15-16,22,25H,5,11-14,17H2,1-4H3/t22-/m1/s1. The van der Waals surface area contributed by atoms with Crippen LogP contribution in [0.4, 0.5) is 0 Å². The van der Waals surface area contributed by atoms with Gasteiger partial charge in [-0.3, -0.25) is 4.79 Å². The zero-order valence-electron chi connectivity index (χ0n) is 18.9. The molecule has 1 fully saturated rings. The van der Waals surface area contributed by atoms with E-state index in [4.69, 9.17) is 0 Å². The van der Waals surface area contributed by atoms with Gasteiger partial charge in [0.05, 0.1) is 4.90 Å². The maximum Gasteiger partial charge on any atom is 0.241 e. The summed E-state index contributed by atoms with van der Waals surface area (Å²) >= 11 is 0. The van der Waals surface area contributed by atoms with Gasteiger partial charge in [-0.25, -0.2) is 8.42 Å². The van der Waals surface area contributed by atoms with Crippen molar-refractivity contribution in [3.05, 3.63) is 64.7 Å². The molecule has 31 heavy (non-hydrogen) atoms. The van der Waals surface area contributed by atoms with Crippen molar-refractivity contribution in [3.63, 3.8) is 0 Å². The van der Waals surface area contributed by atoms with E-state index in [-0.39, 0.29) is 10.8 Å². The molecule has 0 saturated carbocycles. The molecule has 0 aliphatic carbocycles. The molecule has 2 aromatic rings. The van der Waals surface area contributed by atoms with E-state index in [1.165, 1.54) is 0 Å². The molecule has 2 aromatic carbocycles. The van der Waals surface area contributed by atoms with Gasteiger partial charge >= 0.3 is 0 Å². The third-order valence-electron chi connectivity index (χ3n) is 5.88. The summed E-state index contributed by atoms with van der Waals surface area (Å²) in [6, 6.07) is 12.4. The number of sulfonamides is 1. The zero-order chi connectivity index (χ0) is 22.6. The number of hydrogen-bond donors (Lipinski definition) is 1. The van der Waals surface area contributed by atoms with Gasteiger partial charge in [0.1, 0.15) is 6.04 Å². The van der Waals surface area contributed by atoms with Crippen LogP contribution in [0.15, 0.2) is 47.4 Å². The van der Waals surface area contributed by atoms with Gasteiger partial charge in [-0.1, -0.05) is 55.0 Å². The number of likely N-dealkylation sites (N-methyl/N-ethyl adjacent to an activating group) is 1. The van der Waals surface area contributed by atoms with Gasteiger partial charge in [0.15, 0.2) is 0 Å². The van der Waals surface area contributed by atoms with Gasteiger partial charge in [-0.05, 0) is 50.4 Å². The molecule has 0 unspecified atom stereocenters. The van der Waals surface area contributed by atoms with E-state index in [1.54, 1.807) is 18.7 Å². The summed E-state index contributed by atoms with van der Waals surface area (Å²) in [6.45, 7) is 11.4. The van der Waals surface area contributed by atoms with Crippen LogP contribution in [0.25, 0.3) is 0 Å². The highest BCUT2D eigenvalue weighted by molar-refractivity contribution is 7.89. The molecule has 0 aromatic heterocycles. The molecule has 168 valence electrons. The molecule has 1 N–H and O–H groups in total. The lowest BCUT2D eigenvalue weighted by molar-refractivity contribution is -0.134. The lowest BCUT2D eigenvalue weighted by atomic mass is 10.1. The highest BCUT2D eigenvalue weighted by Gasteiger charge is 2.32. The van der Waals surface area contributed by atoms with Crippen molar-refractivity contribution < 1.29 is 13.2 Å². The van der Waals surface area contributed by atoms with Crippen LogP contribution in [0.2, 0.25) is 0 Å². The largest absolute Gasteiger partial charge is 0.339 e. The van der Waals surface area contributed by atoms with Gasteiger partial charge in [-0.15, -0.1) is 0 Å². The molecule has 7 heteroatoms. The second-order valence-electron chi connectivity index (χ2n) is 8.35. The van der Waals surface area contributed by atoms with E-state index >= 15 is 0 Å². The van der Waals surface area contributed by atoms with Crippen LogP contribution in [0.3, 0.4) is 0 Å². The maximum absolute atomic E-state index is 13.4. The molecule has 1 saturated heterocycles. The first-order valence-electron chi connectivity index (χ1n) is 10.9. The smallest absolute Gasteiger partial charge is 0.241 e. The number of carbonyl (C=O) groups is 1. The number of benzene rings is 2. The zero-order valence-corrected chi connectivity index (χ0v) is 19.7. The van der Waals surface area contributed by atoms with E-state index in [0.29, 0.717) is 30.6 Å². The lowest BCUT2D eigenvalue weighted by Gasteiger charge is -2.36. The Morgan fingerprint density at radius 1 is 1.00 bits per heavy atom. The summed E-state index contributed by atoms with van der Waals surface area (Å²) < 4.78 is 29.5. The second-order valence-corrected chi connectivity index (χ2v) is 10.0. The van der Waals surface area contributed by atoms with Gasteiger partial charge in [0.2, 0.25) is 15.9 Å². The van der Waals surface area contributed by atoms with Crippen molar-refractivity contribution in [2.45, 2.75) is 45.1 Å². The highest BCUT2D eigenvalue weighted by Crippen LogP contribution is 2.22. The summed E-state index contributed by atoms with van der Waals surface area (Å²) in [5.74, 6) is -0.161. The van der Waals surface area contributed by atoms with Crippen LogP contribution >= 0.6 is 0 Å². The number of amides is 1. The Kier molecular flexibility index (Phi) is 7.51. The number of hydrogen-bond acceptors (Lipinski definition) is 4. The first kappa shape index (κ1) is 23.4. The Morgan fingerprint density at radius 3 is 2.13 bits per heavy atom. The molecule has 3 rings (SSSR count). The average Bonchev–Trinajstić information content (AvgIpc) is 2.72. The average molecular weight is 444 g/mol. The number of nitrogens with one attached hydrogen (secondary N) is 1. The van der Waals surface area contributed by atoms with Gasteiger partial charge < -0.3 is 9.80 Å². The normalized spacial score (nSPS) is 16.3. The molecule has 1 heterocycles. The Hall–Kier alpha value is -2.22. The Balaban J connectivity index is 1.88. The third-order valence-corrected chi connectivity index (χ3v) is 7.66. The van der Waals surface area contributed by atoms with Crippen LogP contribution in [0.1, 0.15) is 29.2 Å². The monoisotopic (exact) mass is 443 g/mol. The van der Waals surface area contributed by atoms with Crippen molar-refractivity contribution in [2.24, 2.45) is 0 Å². The quantitative estimate of drug-likeness (QED) is 0.714. The van der Waals surface area contributed by atoms with Crippen LogP contribution in [-0.4, -0.2) is 62.9 Å². The number of carbonyl (C=O) groups excluding carboxylic acids is 1. The molecule has 1 aliphatic rings. The van der Waals surface area contributed by atoms with E-state index in [1.807, 2.05) is 49.4 Å². The first-order chi connectivity index (χ1) is 14.7. The van der Waals surface area contributed by atoms with E-state index in [0.717, 1.165) is 30.8 Å². The third kappa shape index (κ3) is 5.73. The fourth-order valence-corrected chi connectivity index (χ4v) is 6.01. The van der Waals surface area contributed by atoms with Crippen molar-refractivity contribution in [3.8, 4) is 0 Å². The maximum atomic E-state index is 13.4. The van der Waals surface area contributed by atoms with Crippen LogP contribution in [-0.2, 0) is 21.2 Å². The lowest BCUT2D eigenvalue weighted by Crippen LogP contribution is -2.55. The molecule has 1 amide bonds. The molecule has 0 radical (unpaired) electrons. The second kappa shape index (κ2) is 9.94. The minimum atomic E-state index is -3.86. The molecular weight excluding hydrogens is 410 g/mol. The Labute approximate surface area is 186 Å². The van der Waals surface area contributed by atoms with E-state index in [9.17, 15) is 13.2 Å². The number of nitrogens with zero attached hydrogens (tertiary/aromatic N) is 2. The molecule has 6 nitrogen and oxygen atoms in total. The summed E-state index contributed by atoms with van der Waals surface area (Å²) in [5, 5.41) is 0. The number of rotatable bonds is 7. The summed E-state index contributed by atoms with van der Waals surface area (Å²) in [6.07, 6.45) is 0.316. The van der Waals surface area contributed by atoms with E-state index in [2.05, 4.69) is 16.5 Å². The van der Waals surface area contributed by atoms with Gasteiger partial charge in [0.25, 0.3) is 0 Å². The predicted molar refractivity (Wildman–Crippen MR) is 124 cm³/mol. The van der Waals surface area contributed by atoms with Crippen molar-refractivity contribution in [2.75, 3.05) is 32.7 Å². The summed E-state index contributed by atoms with van der Waals surface area (Å²) in [4.78, 5) is 17.8. The SMILES string of the molecule is CCN1CCN(C(=O)[C@@H](Cc2ccccc2)NS(=O)(=O)c2c(C)cc(C)cc2C)CC1. The molecule has 1 atom stereocenters. The molecule has 0 bridgehead atoms. The minimum Gasteiger partial charge on any atom is -0.339 e. The van der Waals surface area contributed by atoms with Crippen molar-refractivity contribution >= 4 is 15.9 Å². The van der Waals surface area contributed by atoms with E-state index < -0.39 is 16.1 Å². The fraction of sp³-hybridized carbons (Fsp3) is 0.458. The number of piperazine rings is 1. The number of aryl methyl sites for hydroxylation is 3. The molecule has 0 spiro atoms. The first-order valence-corrected chi connectivity index (χ1v) is 12.3.